The summed E-state index contributed by atoms with van der Waals surface area (Å²) in [6, 6.07) is 0. The van der Waals surface area contributed by atoms with Gasteiger partial charge in [0.25, 0.3) is 0 Å². The molecule has 0 fully saturated rings. The van der Waals surface area contributed by atoms with Crippen LogP contribution >= 0.6 is 0 Å². The topological polar surface area (TPSA) is 0 Å². The summed E-state index contributed by atoms with van der Waals surface area (Å²) in [5, 5.41) is 0. The van der Waals surface area contributed by atoms with E-state index in [2.05, 4.69) is 33.1 Å². The van der Waals surface area contributed by atoms with E-state index in [0.29, 0.717) is 0 Å². The van der Waals surface area contributed by atoms with E-state index < -0.39 is 0 Å². The van der Waals surface area contributed by atoms with Crippen LogP contribution in [0.5, 0.6) is 0 Å². The molecule has 0 atom stereocenters. The predicted octanol–water partition coefficient (Wildman–Crippen LogP) is 3.64. The smallest absolute Gasteiger partial charge is 0.0239 e. The Morgan fingerprint density at radius 3 is 1.91 bits per heavy atom. The highest BCUT2D eigenvalue weighted by molar-refractivity contribution is 5.38. The van der Waals surface area contributed by atoms with Gasteiger partial charge in [0.1, 0.15) is 0 Å². The van der Waals surface area contributed by atoms with E-state index in [4.69, 9.17) is 0 Å². The minimum atomic E-state index is 1.05. The fraction of sp³-hybridized carbons (Fsp3) is 0.273. The van der Waals surface area contributed by atoms with Gasteiger partial charge in [0.15, 0.2) is 0 Å². The van der Waals surface area contributed by atoms with Crippen molar-refractivity contribution in [1.29, 1.82) is 0 Å². The van der Waals surface area contributed by atoms with Gasteiger partial charge in [-0.1, -0.05) is 42.5 Å². The third-order valence-electron chi connectivity index (χ3n) is 1.31. The summed E-state index contributed by atoms with van der Waals surface area (Å²) in [6.07, 6.45) is 5.91. The van der Waals surface area contributed by atoms with Crippen molar-refractivity contribution in [3.8, 4) is 0 Å². The van der Waals surface area contributed by atoms with E-state index in [1.54, 1.807) is 0 Å². The van der Waals surface area contributed by atoms with Crippen molar-refractivity contribution in [1.82, 2.24) is 0 Å². The van der Waals surface area contributed by atoms with Gasteiger partial charge < -0.3 is 0 Å². The monoisotopic (exact) mass is 148 g/mol. The molecule has 0 bridgehead atoms. The lowest BCUT2D eigenvalue weighted by Gasteiger charge is -1.96. The molecule has 0 radical (unpaired) electrons. The van der Waals surface area contributed by atoms with Crippen LogP contribution < -0.4 is 0 Å². The van der Waals surface area contributed by atoms with Gasteiger partial charge in [-0.25, -0.2) is 0 Å². The average Bonchev–Trinajstić information content (AvgIpc) is 1.87. The van der Waals surface area contributed by atoms with Crippen LogP contribution in [0, 0.1) is 0 Å². The van der Waals surface area contributed by atoms with Gasteiger partial charge in [0, 0.05) is 0 Å². The normalized spacial score (nSPS) is 10.6. The molecule has 0 aliphatic carbocycles. The van der Waals surface area contributed by atoms with Crippen molar-refractivity contribution in [3.63, 3.8) is 0 Å². The highest BCUT2D eigenvalue weighted by Gasteiger charge is 1.87. The molecular formula is C11H16. The third-order valence-corrected chi connectivity index (χ3v) is 1.31. The summed E-state index contributed by atoms with van der Waals surface area (Å²) in [6.45, 7) is 13.6. The van der Waals surface area contributed by atoms with Crippen molar-refractivity contribution in [2.75, 3.05) is 0 Å². The van der Waals surface area contributed by atoms with Crippen LogP contribution in [0.15, 0.2) is 48.1 Å². The molecule has 0 spiro atoms. The lowest BCUT2D eigenvalue weighted by atomic mass is 10.1. The van der Waals surface area contributed by atoms with Crippen LogP contribution in [-0.4, -0.2) is 0 Å². The Balaban J connectivity index is 4.50. The standard InChI is InChI=1S/C11H16/c1-6-11(10(4)5)8-7-9(2)3/h6-8H,1,4H2,2-3,5H3/b11-8+. The second-order valence-corrected chi connectivity index (χ2v) is 2.85. The lowest BCUT2D eigenvalue weighted by molar-refractivity contribution is 1.38. The highest BCUT2D eigenvalue weighted by atomic mass is 13.9. The van der Waals surface area contributed by atoms with Crippen molar-refractivity contribution < 1.29 is 0 Å². The summed E-state index contributed by atoms with van der Waals surface area (Å²) < 4.78 is 0. The van der Waals surface area contributed by atoms with E-state index in [0.717, 1.165) is 11.1 Å². The molecule has 11 heavy (non-hydrogen) atoms. The zero-order valence-corrected chi connectivity index (χ0v) is 7.65. The molecule has 0 aromatic heterocycles. The van der Waals surface area contributed by atoms with Gasteiger partial charge >= 0.3 is 0 Å². The minimum Gasteiger partial charge on any atom is -0.0985 e. The first kappa shape index (κ1) is 9.96. The van der Waals surface area contributed by atoms with Crippen molar-refractivity contribution in [3.05, 3.63) is 48.1 Å². The molecule has 0 nitrogen and oxygen atoms in total. The molecule has 0 heteroatoms. The fourth-order valence-electron chi connectivity index (χ4n) is 0.641. The van der Waals surface area contributed by atoms with Gasteiger partial charge in [0.05, 0.1) is 0 Å². The van der Waals surface area contributed by atoms with Crippen molar-refractivity contribution in [2.24, 2.45) is 0 Å². The lowest BCUT2D eigenvalue weighted by Crippen LogP contribution is -1.76. The second-order valence-electron chi connectivity index (χ2n) is 2.85. The molecule has 0 saturated heterocycles. The van der Waals surface area contributed by atoms with E-state index in [1.807, 2.05) is 19.1 Å². The first-order chi connectivity index (χ1) is 5.07. The molecule has 0 rings (SSSR count). The molecule has 0 aliphatic heterocycles. The van der Waals surface area contributed by atoms with Gasteiger partial charge in [-0.05, 0) is 26.3 Å². The molecule has 0 aliphatic rings. The second kappa shape index (κ2) is 4.73. The maximum atomic E-state index is 3.84. The molecule has 0 saturated carbocycles. The molecule has 0 unspecified atom stereocenters. The molecule has 0 aromatic carbocycles. The third kappa shape index (κ3) is 4.38. The summed E-state index contributed by atoms with van der Waals surface area (Å²) in [5.41, 5.74) is 3.44. The molecule has 0 aromatic rings. The Morgan fingerprint density at radius 1 is 1.09 bits per heavy atom. The first-order valence-corrected chi connectivity index (χ1v) is 3.71. The van der Waals surface area contributed by atoms with Gasteiger partial charge in [-0.15, -0.1) is 0 Å². The Kier molecular flexibility index (Phi) is 4.28. The van der Waals surface area contributed by atoms with Crippen LogP contribution in [0.25, 0.3) is 0 Å². The van der Waals surface area contributed by atoms with Crippen LogP contribution in [0.4, 0.5) is 0 Å². The van der Waals surface area contributed by atoms with E-state index in [-0.39, 0.29) is 0 Å². The Labute approximate surface area is 69.6 Å². The SMILES string of the molecule is C=C/C(=C\C=C(C)C)C(=C)C. The van der Waals surface area contributed by atoms with Crippen LogP contribution in [0.3, 0.4) is 0 Å². The Hall–Kier alpha value is -1.04. The molecule has 0 amide bonds. The first-order valence-electron chi connectivity index (χ1n) is 3.71. The maximum absolute atomic E-state index is 3.84. The van der Waals surface area contributed by atoms with Gasteiger partial charge in [0.2, 0.25) is 0 Å². The van der Waals surface area contributed by atoms with E-state index in [9.17, 15) is 0 Å². The number of hydrogen-bond donors (Lipinski definition) is 0. The van der Waals surface area contributed by atoms with Crippen molar-refractivity contribution in [2.45, 2.75) is 20.8 Å². The van der Waals surface area contributed by atoms with Gasteiger partial charge in [-0.2, -0.15) is 0 Å². The van der Waals surface area contributed by atoms with Crippen LogP contribution in [0.2, 0.25) is 0 Å². The minimum absolute atomic E-state index is 1.05. The number of hydrogen-bond acceptors (Lipinski definition) is 0. The average molecular weight is 148 g/mol. The largest absolute Gasteiger partial charge is 0.0985 e. The van der Waals surface area contributed by atoms with Crippen LogP contribution in [-0.2, 0) is 0 Å². The highest BCUT2D eigenvalue weighted by Crippen LogP contribution is 2.07. The number of rotatable bonds is 3. The quantitative estimate of drug-likeness (QED) is 0.536. The van der Waals surface area contributed by atoms with Crippen LogP contribution in [0.1, 0.15) is 20.8 Å². The number of allylic oxidation sites excluding steroid dienone is 6. The maximum Gasteiger partial charge on any atom is -0.0239 e. The zero-order chi connectivity index (χ0) is 8.85. The molecular weight excluding hydrogens is 132 g/mol. The Bertz CT molecular complexity index is 210. The zero-order valence-electron chi connectivity index (χ0n) is 7.65. The Morgan fingerprint density at radius 2 is 1.64 bits per heavy atom. The van der Waals surface area contributed by atoms with Crippen molar-refractivity contribution >= 4 is 0 Å². The molecule has 0 N–H and O–H groups in total. The van der Waals surface area contributed by atoms with E-state index in [1.165, 1.54) is 5.57 Å². The fourth-order valence-corrected chi connectivity index (χ4v) is 0.641. The summed E-state index contributed by atoms with van der Waals surface area (Å²) in [7, 11) is 0. The van der Waals surface area contributed by atoms with E-state index >= 15 is 0 Å². The summed E-state index contributed by atoms with van der Waals surface area (Å²) in [5.74, 6) is 0. The van der Waals surface area contributed by atoms with Gasteiger partial charge in [-0.3, -0.25) is 0 Å². The summed E-state index contributed by atoms with van der Waals surface area (Å²) >= 11 is 0. The molecule has 0 heterocycles. The summed E-state index contributed by atoms with van der Waals surface area (Å²) in [4.78, 5) is 0. The molecule has 60 valence electrons. The predicted molar refractivity (Wildman–Crippen MR) is 52.5 cm³/mol.